The van der Waals surface area contributed by atoms with Gasteiger partial charge in [0, 0.05) is 11.7 Å². The van der Waals surface area contributed by atoms with E-state index in [2.05, 4.69) is 30.5 Å². The van der Waals surface area contributed by atoms with E-state index in [4.69, 9.17) is 0 Å². The topological polar surface area (TPSA) is 62.6 Å². The van der Waals surface area contributed by atoms with Crippen LogP contribution in [-0.4, -0.2) is 37.5 Å². The minimum absolute atomic E-state index is 0.0217. The van der Waals surface area contributed by atoms with Crippen molar-refractivity contribution in [3.63, 3.8) is 0 Å². The van der Waals surface area contributed by atoms with E-state index >= 15 is 0 Å². The van der Waals surface area contributed by atoms with Crippen molar-refractivity contribution in [2.24, 2.45) is 0 Å². The van der Waals surface area contributed by atoms with E-state index in [1.54, 1.807) is 0 Å². The average molecular weight is 332 g/mol. The molecule has 5 nitrogen and oxygen atoms in total. The lowest BCUT2D eigenvalue weighted by atomic mass is 9.98. The zero-order chi connectivity index (χ0) is 17.9. The van der Waals surface area contributed by atoms with Crippen molar-refractivity contribution in [1.82, 2.24) is 5.32 Å². The van der Waals surface area contributed by atoms with Gasteiger partial charge in [0.05, 0.1) is 7.05 Å². The fourth-order valence-electron chi connectivity index (χ4n) is 2.71. The first kappa shape index (κ1) is 18.5. The Hall–Kier alpha value is -1.88. The van der Waals surface area contributed by atoms with Gasteiger partial charge in [0.1, 0.15) is 0 Å². The summed E-state index contributed by atoms with van der Waals surface area (Å²) < 4.78 is 0. The van der Waals surface area contributed by atoms with Crippen LogP contribution in [0.25, 0.3) is 0 Å². The van der Waals surface area contributed by atoms with Crippen molar-refractivity contribution in [3.05, 3.63) is 29.3 Å². The maximum absolute atomic E-state index is 12.6. The zero-order valence-corrected chi connectivity index (χ0v) is 15.4. The number of quaternary nitrogens is 1. The van der Waals surface area contributed by atoms with Gasteiger partial charge in [-0.2, -0.15) is 0 Å². The van der Waals surface area contributed by atoms with E-state index in [0.717, 1.165) is 34.6 Å². The molecule has 1 aliphatic carbocycles. The van der Waals surface area contributed by atoms with E-state index in [1.807, 2.05) is 33.0 Å². The summed E-state index contributed by atoms with van der Waals surface area (Å²) in [5, 5.41) is 6.05. The van der Waals surface area contributed by atoms with Gasteiger partial charge in [-0.05, 0) is 43.7 Å². The molecule has 0 heterocycles. The Labute approximate surface area is 144 Å². The largest absolute Gasteiger partial charge is 0.348 e. The van der Waals surface area contributed by atoms with Gasteiger partial charge >= 0.3 is 0 Å². The normalized spacial score (nSPS) is 16.6. The summed E-state index contributed by atoms with van der Waals surface area (Å²) in [6.45, 7) is 8.42. The van der Waals surface area contributed by atoms with Gasteiger partial charge in [-0.15, -0.1) is 0 Å². The second-order valence-electron chi connectivity index (χ2n) is 7.27. The lowest BCUT2D eigenvalue weighted by molar-refractivity contribution is -0.885. The summed E-state index contributed by atoms with van der Waals surface area (Å²) >= 11 is 0. The monoisotopic (exact) mass is 332 g/mol. The molecule has 2 rings (SSSR count). The molecule has 132 valence electrons. The van der Waals surface area contributed by atoms with E-state index in [0.29, 0.717) is 18.5 Å². The maximum atomic E-state index is 12.6. The molecule has 0 bridgehead atoms. The second kappa shape index (κ2) is 7.79. The molecule has 2 atom stereocenters. The predicted molar refractivity (Wildman–Crippen MR) is 96.3 cm³/mol. The van der Waals surface area contributed by atoms with Gasteiger partial charge in [-0.25, -0.2) is 0 Å². The summed E-state index contributed by atoms with van der Waals surface area (Å²) in [4.78, 5) is 25.5. The number of aryl methyl sites for hydroxylation is 1. The molecular weight excluding hydrogens is 302 g/mol. The van der Waals surface area contributed by atoms with E-state index in [9.17, 15) is 9.59 Å². The molecular formula is C19H30N3O2+. The molecule has 3 N–H and O–H groups in total. The smallest absolute Gasteiger partial charge is 0.282 e. The highest BCUT2D eigenvalue weighted by molar-refractivity contribution is 5.95. The van der Waals surface area contributed by atoms with E-state index < -0.39 is 0 Å². The third-order valence-corrected chi connectivity index (χ3v) is 4.69. The molecule has 0 aromatic heterocycles. The highest BCUT2D eigenvalue weighted by Crippen LogP contribution is 2.27. The molecule has 1 unspecified atom stereocenters. The van der Waals surface area contributed by atoms with Crippen molar-refractivity contribution < 1.29 is 14.5 Å². The summed E-state index contributed by atoms with van der Waals surface area (Å²) in [5.74, 6) is 0.307. The molecule has 0 aliphatic heterocycles. The number of benzene rings is 1. The zero-order valence-electron chi connectivity index (χ0n) is 15.4. The second-order valence-corrected chi connectivity index (χ2v) is 7.27. The minimum atomic E-state index is -0.297. The number of anilines is 1. The SMILES string of the molecule is Cc1cccc(C(C)C)c1NC(=O)[C@@H](C)[NH+](C)CC(=O)NC1CC1. The number of hydrogen-bond acceptors (Lipinski definition) is 2. The van der Waals surface area contributed by atoms with Gasteiger partial charge in [-0.1, -0.05) is 32.0 Å². The van der Waals surface area contributed by atoms with E-state index in [1.165, 1.54) is 0 Å². The molecule has 0 radical (unpaired) electrons. The number of carbonyl (C=O) groups excluding carboxylic acids is 2. The van der Waals surface area contributed by atoms with Crippen LogP contribution in [0.5, 0.6) is 0 Å². The molecule has 1 aliphatic rings. The maximum Gasteiger partial charge on any atom is 0.282 e. The van der Waals surface area contributed by atoms with Crippen LogP contribution in [0.15, 0.2) is 18.2 Å². The molecule has 1 aromatic rings. The van der Waals surface area contributed by atoms with Crippen LogP contribution in [0.2, 0.25) is 0 Å². The Morgan fingerprint density at radius 2 is 1.92 bits per heavy atom. The van der Waals surface area contributed by atoms with Gasteiger partial charge in [-0.3, -0.25) is 9.59 Å². The Balaban J connectivity index is 1.99. The Morgan fingerprint density at radius 1 is 1.25 bits per heavy atom. The van der Waals surface area contributed by atoms with Crippen molar-refractivity contribution >= 4 is 17.5 Å². The Morgan fingerprint density at radius 3 is 2.50 bits per heavy atom. The average Bonchev–Trinajstić information content (AvgIpc) is 3.31. The lowest BCUT2D eigenvalue weighted by Crippen LogP contribution is -3.15. The first-order chi connectivity index (χ1) is 11.3. The van der Waals surface area contributed by atoms with Crippen molar-refractivity contribution in [1.29, 1.82) is 0 Å². The number of rotatable bonds is 7. The fraction of sp³-hybridized carbons (Fsp3) is 0.579. The molecule has 0 saturated heterocycles. The minimum Gasteiger partial charge on any atom is -0.348 e. The Bertz CT molecular complexity index is 609. The number of nitrogens with one attached hydrogen (secondary N) is 3. The summed E-state index contributed by atoms with van der Waals surface area (Å²) in [6, 6.07) is 6.14. The first-order valence-corrected chi connectivity index (χ1v) is 8.81. The summed E-state index contributed by atoms with van der Waals surface area (Å²) in [5.41, 5.74) is 3.10. The van der Waals surface area contributed by atoms with Crippen LogP contribution in [-0.2, 0) is 9.59 Å². The fourth-order valence-corrected chi connectivity index (χ4v) is 2.71. The van der Waals surface area contributed by atoms with E-state index in [-0.39, 0.29) is 17.9 Å². The number of likely N-dealkylation sites (N-methyl/N-ethyl adjacent to an activating group) is 1. The van der Waals surface area contributed by atoms with Crippen LogP contribution in [0.1, 0.15) is 50.7 Å². The molecule has 2 amide bonds. The van der Waals surface area contributed by atoms with Crippen LogP contribution < -0.4 is 15.5 Å². The van der Waals surface area contributed by atoms with Gasteiger partial charge in [0.15, 0.2) is 12.6 Å². The molecule has 5 heteroatoms. The van der Waals surface area contributed by atoms with Crippen molar-refractivity contribution in [3.8, 4) is 0 Å². The molecule has 1 aromatic carbocycles. The third kappa shape index (κ3) is 4.81. The molecule has 1 fully saturated rings. The van der Waals surface area contributed by atoms with Crippen molar-refractivity contribution in [2.45, 2.75) is 58.5 Å². The van der Waals surface area contributed by atoms with Gasteiger partial charge in [0.2, 0.25) is 0 Å². The van der Waals surface area contributed by atoms with Crippen LogP contribution >= 0.6 is 0 Å². The third-order valence-electron chi connectivity index (χ3n) is 4.69. The predicted octanol–water partition coefficient (Wildman–Crippen LogP) is 1.24. The quantitative estimate of drug-likeness (QED) is 0.703. The first-order valence-electron chi connectivity index (χ1n) is 8.81. The van der Waals surface area contributed by atoms with Crippen LogP contribution in [0, 0.1) is 6.92 Å². The van der Waals surface area contributed by atoms with Crippen LogP contribution in [0.4, 0.5) is 5.69 Å². The summed E-state index contributed by atoms with van der Waals surface area (Å²) in [6.07, 6.45) is 2.15. The molecule has 0 spiro atoms. The highest BCUT2D eigenvalue weighted by atomic mass is 16.2. The van der Waals surface area contributed by atoms with Gasteiger partial charge < -0.3 is 15.5 Å². The number of amides is 2. The standard InChI is InChI=1S/C19H29N3O2/c1-12(2)16-8-6-7-13(3)18(16)21-19(24)14(4)22(5)11-17(23)20-15-9-10-15/h6-8,12,14-15H,9-11H2,1-5H3,(H,20,23)(H,21,24)/p+1/t14-/m1/s1. The number of para-hydroxylation sites is 1. The number of carbonyl (C=O) groups is 2. The van der Waals surface area contributed by atoms with Crippen molar-refractivity contribution in [2.75, 3.05) is 18.9 Å². The van der Waals surface area contributed by atoms with Gasteiger partial charge in [0.25, 0.3) is 11.8 Å². The van der Waals surface area contributed by atoms with Crippen LogP contribution in [0.3, 0.4) is 0 Å². The Kier molecular flexibility index (Phi) is 5.99. The highest BCUT2D eigenvalue weighted by Gasteiger charge is 2.28. The number of hydrogen-bond donors (Lipinski definition) is 3. The molecule has 1 saturated carbocycles. The molecule has 24 heavy (non-hydrogen) atoms. The lowest BCUT2D eigenvalue weighted by Gasteiger charge is -2.22. The summed E-state index contributed by atoms with van der Waals surface area (Å²) in [7, 11) is 1.89.